The Labute approximate surface area is 355 Å². The molecule has 1 atom stereocenters. The van der Waals surface area contributed by atoms with Crippen LogP contribution < -0.4 is 0 Å². The Morgan fingerprint density at radius 2 is 0.579 bits per heavy atom. The van der Waals surface area contributed by atoms with Crippen LogP contribution in [0.15, 0.2) is 0 Å². The van der Waals surface area contributed by atoms with Gasteiger partial charge in [0.25, 0.3) is 0 Å². The number of carbonyl (C=O) groups excluding carboxylic acids is 3. The number of carbonyl (C=O) groups is 3. The fourth-order valence-corrected chi connectivity index (χ4v) is 7.69. The first-order valence-corrected chi connectivity index (χ1v) is 25.4. The van der Waals surface area contributed by atoms with Gasteiger partial charge in [-0.25, -0.2) is 0 Å². The highest BCUT2D eigenvalue weighted by atomic mass is 16.6. The summed E-state index contributed by atoms with van der Waals surface area (Å²) in [5, 5.41) is 0. The Kier molecular flexibility index (Phi) is 44.2. The number of hydrogen-bond donors (Lipinski definition) is 0. The van der Waals surface area contributed by atoms with Gasteiger partial charge >= 0.3 is 17.9 Å². The molecule has 0 aliphatic rings. The third-order valence-corrected chi connectivity index (χ3v) is 11.5. The molecule has 0 spiro atoms. The maximum absolute atomic E-state index is 12.7. The van der Waals surface area contributed by atoms with Gasteiger partial charge in [0.05, 0.1) is 0 Å². The van der Waals surface area contributed by atoms with Crippen molar-refractivity contribution in [1.82, 2.24) is 0 Å². The molecule has 0 amide bonds. The molecule has 0 fully saturated rings. The molecular weight excluding hydrogens is 709 g/mol. The smallest absolute Gasteiger partial charge is 0.306 e. The van der Waals surface area contributed by atoms with Gasteiger partial charge in [0.1, 0.15) is 13.2 Å². The number of ether oxygens (including phenoxy) is 3. The highest BCUT2D eigenvalue weighted by molar-refractivity contribution is 5.71. The van der Waals surface area contributed by atoms with E-state index in [9.17, 15) is 14.4 Å². The van der Waals surface area contributed by atoms with Gasteiger partial charge in [-0.3, -0.25) is 14.4 Å². The Morgan fingerprint density at radius 3 is 0.860 bits per heavy atom. The molecule has 6 heteroatoms. The minimum Gasteiger partial charge on any atom is -0.462 e. The van der Waals surface area contributed by atoms with Crippen molar-refractivity contribution in [1.29, 1.82) is 0 Å². The van der Waals surface area contributed by atoms with Crippen LogP contribution in [0.4, 0.5) is 0 Å². The topological polar surface area (TPSA) is 78.9 Å². The van der Waals surface area contributed by atoms with Crippen LogP contribution in [0.5, 0.6) is 0 Å². The van der Waals surface area contributed by atoms with Gasteiger partial charge in [-0.05, 0) is 25.2 Å². The van der Waals surface area contributed by atoms with E-state index in [0.29, 0.717) is 19.3 Å². The van der Waals surface area contributed by atoms with Crippen LogP contribution in [0.2, 0.25) is 0 Å². The summed E-state index contributed by atoms with van der Waals surface area (Å²) < 4.78 is 16.8. The average molecular weight is 807 g/mol. The zero-order valence-electron chi connectivity index (χ0n) is 38.8. The van der Waals surface area contributed by atoms with E-state index in [4.69, 9.17) is 14.2 Å². The van der Waals surface area contributed by atoms with Crippen LogP contribution in [0.25, 0.3) is 0 Å². The Bertz CT molecular complexity index is 857. The monoisotopic (exact) mass is 807 g/mol. The number of rotatable bonds is 46. The fourth-order valence-electron chi connectivity index (χ4n) is 7.69. The highest BCUT2D eigenvalue weighted by Gasteiger charge is 2.19. The second kappa shape index (κ2) is 45.5. The summed E-state index contributed by atoms with van der Waals surface area (Å²) in [6, 6.07) is 0. The molecule has 0 aliphatic carbocycles. The van der Waals surface area contributed by atoms with Gasteiger partial charge < -0.3 is 14.2 Å². The van der Waals surface area contributed by atoms with Crippen LogP contribution >= 0.6 is 0 Å². The van der Waals surface area contributed by atoms with Crippen LogP contribution in [0.1, 0.15) is 285 Å². The van der Waals surface area contributed by atoms with Crippen molar-refractivity contribution in [3.63, 3.8) is 0 Å². The molecule has 0 N–H and O–H groups in total. The number of unbranched alkanes of at least 4 members (excludes halogenated alkanes) is 33. The van der Waals surface area contributed by atoms with Crippen molar-refractivity contribution in [3.05, 3.63) is 0 Å². The second-order valence-electron chi connectivity index (χ2n) is 17.9. The molecule has 0 radical (unpaired) electrons. The summed E-state index contributed by atoms with van der Waals surface area (Å²) in [5.41, 5.74) is 0. The maximum atomic E-state index is 12.7. The Balaban J connectivity index is 4.26. The molecule has 0 saturated heterocycles. The minimum absolute atomic E-state index is 0.0634. The van der Waals surface area contributed by atoms with E-state index in [-0.39, 0.29) is 31.1 Å². The van der Waals surface area contributed by atoms with Crippen molar-refractivity contribution >= 4 is 17.9 Å². The maximum Gasteiger partial charge on any atom is 0.306 e. The minimum atomic E-state index is -0.760. The van der Waals surface area contributed by atoms with E-state index >= 15 is 0 Å². The van der Waals surface area contributed by atoms with Gasteiger partial charge in [-0.1, -0.05) is 246 Å². The second-order valence-corrected chi connectivity index (χ2v) is 17.9. The van der Waals surface area contributed by atoms with E-state index in [0.717, 1.165) is 63.7 Å². The highest BCUT2D eigenvalue weighted by Crippen LogP contribution is 2.17. The SMILES string of the molecule is CCCCCCCCCCCCCCCCCCCC(=O)OC[C@H](COC(=O)CCCCCCCCCCCCC)OC(=O)CCCCCCCCCCC(C)C. The zero-order chi connectivity index (χ0) is 41.7. The predicted molar refractivity (Wildman–Crippen MR) is 243 cm³/mol. The molecule has 0 aliphatic heterocycles. The van der Waals surface area contributed by atoms with E-state index in [2.05, 4.69) is 27.7 Å². The van der Waals surface area contributed by atoms with Crippen molar-refractivity contribution in [2.75, 3.05) is 13.2 Å². The van der Waals surface area contributed by atoms with Gasteiger partial charge in [-0.2, -0.15) is 0 Å². The molecule has 0 unspecified atom stereocenters. The molecule has 0 aromatic rings. The standard InChI is InChI=1S/C51H98O6/c1-5-7-9-11-13-15-17-18-19-20-21-22-24-26-31-35-39-43-50(53)56-46-48(57-51(54)44-40-36-32-28-27-29-33-37-41-47(3)4)45-55-49(52)42-38-34-30-25-23-16-14-12-10-8-6-2/h47-48H,5-46H2,1-4H3/t48-/m0/s1. The van der Waals surface area contributed by atoms with E-state index < -0.39 is 6.10 Å². The van der Waals surface area contributed by atoms with Crippen molar-refractivity contribution < 1.29 is 28.6 Å². The first-order chi connectivity index (χ1) is 27.9. The van der Waals surface area contributed by atoms with Crippen molar-refractivity contribution in [2.24, 2.45) is 5.92 Å². The average Bonchev–Trinajstić information content (AvgIpc) is 3.19. The number of esters is 3. The van der Waals surface area contributed by atoms with Gasteiger partial charge in [0.15, 0.2) is 6.10 Å². The lowest BCUT2D eigenvalue weighted by Gasteiger charge is -2.18. The lowest BCUT2D eigenvalue weighted by atomic mass is 10.0. The molecule has 338 valence electrons. The third kappa shape index (κ3) is 45.3. The number of hydrogen-bond acceptors (Lipinski definition) is 6. The normalized spacial score (nSPS) is 11.9. The van der Waals surface area contributed by atoms with Crippen molar-refractivity contribution in [3.8, 4) is 0 Å². The van der Waals surface area contributed by atoms with E-state index in [1.165, 1.54) is 180 Å². The molecular formula is C51H98O6. The lowest BCUT2D eigenvalue weighted by Crippen LogP contribution is -2.30. The fraction of sp³-hybridized carbons (Fsp3) is 0.941. The summed E-state index contributed by atoms with van der Waals surface area (Å²) in [5.74, 6) is -0.0556. The zero-order valence-corrected chi connectivity index (χ0v) is 38.8. The van der Waals surface area contributed by atoms with E-state index in [1.807, 2.05) is 0 Å². The molecule has 0 aromatic heterocycles. The summed E-state index contributed by atoms with van der Waals surface area (Å²) in [6.45, 7) is 8.98. The summed E-state index contributed by atoms with van der Waals surface area (Å²) >= 11 is 0. The molecule has 0 saturated carbocycles. The van der Waals surface area contributed by atoms with Gasteiger partial charge in [0, 0.05) is 19.3 Å². The molecule has 57 heavy (non-hydrogen) atoms. The van der Waals surface area contributed by atoms with Crippen LogP contribution in [-0.4, -0.2) is 37.2 Å². The molecule has 6 nitrogen and oxygen atoms in total. The molecule has 0 rings (SSSR count). The Hall–Kier alpha value is -1.59. The van der Waals surface area contributed by atoms with Gasteiger partial charge in [0.2, 0.25) is 0 Å². The quantitative estimate of drug-likeness (QED) is 0.0346. The molecule has 0 aromatic carbocycles. The predicted octanol–water partition coefficient (Wildman–Crippen LogP) is 16.3. The van der Waals surface area contributed by atoms with Crippen LogP contribution in [-0.2, 0) is 28.6 Å². The van der Waals surface area contributed by atoms with Crippen LogP contribution in [0.3, 0.4) is 0 Å². The summed E-state index contributed by atoms with van der Waals surface area (Å²) in [4.78, 5) is 37.8. The molecule has 0 bridgehead atoms. The largest absolute Gasteiger partial charge is 0.462 e. The van der Waals surface area contributed by atoms with Gasteiger partial charge in [-0.15, -0.1) is 0 Å². The lowest BCUT2D eigenvalue weighted by molar-refractivity contribution is -0.167. The first-order valence-electron chi connectivity index (χ1n) is 25.4. The van der Waals surface area contributed by atoms with Crippen LogP contribution in [0, 0.1) is 5.92 Å². The molecule has 0 heterocycles. The first kappa shape index (κ1) is 55.4. The van der Waals surface area contributed by atoms with E-state index in [1.54, 1.807) is 0 Å². The summed E-state index contributed by atoms with van der Waals surface area (Å²) in [6.07, 6.45) is 46.6. The van der Waals surface area contributed by atoms with Crippen molar-refractivity contribution in [2.45, 2.75) is 291 Å². The summed E-state index contributed by atoms with van der Waals surface area (Å²) in [7, 11) is 0. The third-order valence-electron chi connectivity index (χ3n) is 11.5. The Morgan fingerprint density at radius 1 is 0.333 bits per heavy atom.